The van der Waals surface area contributed by atoms with E-state index in [9.17, 15) is 0 Å². The molecule has 0 aliphatic heterocycles. The van der Waals surface area contributed by atoms with Crippen molar-refractivity contribution < 1.29 is 0 Å². The second-order valence-corrected chi connectivity index (χ2v) is 3.57. The Labute approximate surface area is 95.3 Å². The standard InChI is InChI=1S/C13H15N3/c1-15-16-13-8-4-11(5-9-13)10-2-6-12(14)7-3-10/h2-9,15-16H,14H2,1H3. The summed E-state index contributed by atoms with van der Waals surface area (Å²) in [6, 6.07) is 16.1. The SMILES string of the molecule is CNNc1ccc(-c2ccc(N)cc2)cc1. The first-order valence-corrected chi connectivity index (χ1v) is 5.18. The van der Waals surface area contributed by atoms with Gasteiger partial charge in [0, 0.05) is 18.4 Å². The Kier molecular flexibility index (Phi) is 3.08. The van der Waals surface area contributed by atoms with Gasteiger partial charge in [0.1, 0.15) is 0 Å². The van der Waals surface area contributed by atoms with E-state index >= 15 is 0 Å². The van der Waals surface area contributed by atoms with Gasteiger partial charge in [-0.15, -0.1) is 0 Å². The van der Waals surface area contributed by atoms with E-state index in [0.717, 1.165) is 11.4 Å². The van der Waals surface area contributed by atoms with Crippen molar-refractivity contribution in [3.8, 4) is 11.1 Å². The van der Waals surface area contributed by atoms with Crippen LogP contribution >= 0.6 is 0 Å². The molecular weight excluding hydrogens is 198 g/mol. The third-order valence-electron chi connectivity index (χ3n) is 2.40. The van der Waals surface area contributed by atoms with Gasteiger partial charge in [-0.25, -0.2) is 5.43 Å². The molecule has 0 amide bonds. The van der Waals surface area contributed by atoms with Crippen LogP contribution in [-0.2, 0) is 0 Å². The largest absolute Gasteiger partial charge is 0.399 e. The quantitative estimate of drug-likeness (QED) is 0.542. The van der Waals surface area contributed by atoms with Crippen molar-refractivity contribution in [2.75, 3.05) is 18.2 Å². The molecule has 0 aromatic heterocycles. The number of rotatable bonds is 3. The Hall–Kier alpha value is -2.00. The highest BCUT2D eigenvalue weighted by molar-refractivity contribution is 5.67. The first-order chi connectivity index (χ1) is 7.79. The van der Waals surface area contributed by atoms with E-state index in [0.29, 0.717) is 0 Å². The van der Waals surface area contributed by atoms with Crippen LogP contribution in [0.1, 0.15) is 0 Å². The van der Waals surface area contributed by atoms with Gasteiger partial charge in [-0.1, -0.05) is 24.3 Å². The maximum absolute atomic E-state index is 5.65. The number of nitrogens with one attached hydrogen (secondary N) is 2. The molecule has 0 saturated carbocycles. The highest BCUT2D eigenvalue weighted by Gasteiger charge is 1.97. The Morgan fingerprint density at radius 1 is 0.812 bits per heavy atom. The summed E-state index contributed by atoms with van der Waals surface area (Å²) in [6.07, 6.45) is 0. The molecule has 2 rings (SSSR count). The molecule has 2 aromatic carbocycles. The lowest BCUT2D eigenvalue weighted by atomic mass is 10.1. The van der Waals surface area contributed by atoms with Crippen LogP contribution in [0.3, 0.4) is 0 Å². The van der Waals surface area contributed by atoms with Crippen LogP contribution in [0, 0.1) is 0 Å². The third kappa shape index (κ3) is 2.32. The highest BCUT2D eigenvalue weighted by Crippen LogP contribution is 2.21. The summed E-state index contributed by atoms with van der Waals surface area (Å²) >= 11 is 0. The minimum atomic E-state index is 0.789. The molecule has 0 radical (unpaired) electrons. The number of hydrogen-bond acceptors (Lipinski definition) is 3. The molecule has 0 atom stereocenters. The summed E-state index contributed by atoms with van der Waals surface area (Å²) < 4.78 is 0. The Morgan fingerprint density at radius 3 is 1.81 bits per heavy atom. The highest BCUT2D eigenvalue weighted by atomic mass is 15.3. The molecule has 0 aliphatic rings. The Bertz CT molecular complexity index is 446. The lowest BCUT2D eigenvalue weighted by molar-refractivity contribution is 0.984. The maximum Gasteiger partial charge on any atom is 0.0487 e. The zero-order chi connectivity index (χ0) is 11.4. The van der Waals surface area contributed by atoms with E-state index in [1.54, 1.807) is 0 Å². The van der Waals surface area contributed by atoms with Gasteiger partial charge in [-0.3, -0.25) is 0 Å². The van der Waals surface area contributed by atoms with E-state index < -0.39 is 0 Å². The van der Waals surface area contributed by atoms with Crippen molar-refractivity contribution in [2.24, 2.45) is 0 Å². The number of anilines is 2. The lowest BCUT2D eigenvalue weighted by Gasteiger charge is -2.06. The molecule has 0 fully saturated rings. The zero-order valence-electron chi connectivity index (χ0n) is 9.20. The molecule has 0 spiro atoms. The molecule has 4 N–H and O–H groups in total. The molecule has 0 saturated heterocycles. The van der Waals surface area contributed by atoms with Crippen LogP contribution in [0.4, 0.5) is 11.4 Å². The Balaban J connectivity index is 2.24. The van der Waals surface area contributed by atoms with E-state index in [2.05, 4.69) is 23.0 Å². The van der Waals surface area contributed by atoms with Crippen molar-refractivity contribution in [3.63, 3.8) is 0 Å². The fourth-order valence-electron chi connectivity index (χ4n) is 1.57. The first kappa shape index (κ1) is 10.5. The normalized spacial score (nSPS) is 10.1. The maximum atomic E-state index is 5.65. The summed E-state index contributed by atoms with van der Waals surface area (Å²) in [4.78, 5) is 0. The molecule has 0 unspecified atom stereocenters. The van der Waals surface area contributed by atoms with E-state index in [1.165, 1.54) is 11.1 Å². The monoisotopic (exact) mass is 213 g/mol. The number of benzene rings is 2. The average Bonchev–Trinajstić information content (AvgIpc) is 2.32. The van der Waals surface area contributed by atoms with E-state index in [4.69, 9.17) is 5.73 Å². The van der Waals surface area contributed by atoms with Crippen LogP contribution in [0.5, 0.6) is 0 Å². The fraction of sp³-hybridized carbons (Fsp3) is 0.0769. The summed E-state index contributed by atoms with van der Waals surface area (Å²) in [7, 11) is 1.84. The van der Waals surface area contributed by atoms with Crippen molar-refractivity contribution in [2.45, 2.75) is 0 Å². The van der Waals surface area contributed by atoms with Crippen molar-refractivity contribution in [1.82, 2.24) is 5.43 Å². The second kappa shape index (κ2) is 4.68. The topological polar surface area (TPSA) is 50.1 Å². The van der Waals surface area contributed by atoms with Crippen LogP contribution in [0.15, 0.2) is 48.5 Å². The molecule has 82 valence electrons. The van der Waals surface area contributed by atoms with Gasteiger partial charge < -0.3 is 11.2 Å². The van der Waals surface area contributed by atoms with E-state index in [-0.39, 0.29) is 0 Å². The predicted octanol–water partition coefficient (Wildman–Crippen LogP) is 2.48. The lowest BCUT2D eigenvalue weighted by Crippen LogP contribution is -2.14. The minimum Gasteiger partial charge on any atom is -0.399 e. The smallest absolute Gasteiger partial charge is 0.0487 e. The number of hydrogen-bond donors (Lipinski definition) is 3. The second-order valence-electron chi connectivity index (χ2n) is 3.57. The number of nitrogen functional groups attached to an aromatic ring is 1. The molecule has 16 heavy (non-hydrogen) atoms. The van der Waals surface area contributed by atoms with Gasteiger partial charge in [0.2, 0.25) is 0 Å². The van der Waals surface area contributed by atoms with Crippen LogP contribution in [0.2, 0.25) is 0 Å². The van der Waals surface area contributed by atoms with Crippen molar-refractivity contribution in [3.05, 3.63) is 48.5 Å². The molecule has 3 heteroatoms. The van der Waals surface area contributed by atoms with Gasteiger partial charge in [-0.2, -0.15) is 0 Å². The van der Waals surface area contributed by atoms with Gasteiger partial charge >= 0.3 is 0 Å². The third-order valence-corrected chi connectivity index (χ3v) is 2.40. The van der Waals surface area contributed by atoms with Gasteiger partial charge in [-0.05, 0) is 35.4 Å². The first-order valence-electron chi connectivity index (χ1n) is 5.18. The van der Waals surface area contributed by atoms with Crippen LogP contribution in [-0.4, -0.2) is 7.05 Å². The summed E-state index contributed by atoms with van der Waals surface area (Å²) in [6.45, 7) is 0. The van der Waals surface area contributed by atoms with Crippen molar-refractivity contribution in [1.29, 1.82) is 0 Å². The van der Waals surface area contributed by atoms with Crippen LogP contribution in [0.25, 0.3) is 11.1 Å². The molecule has 0 bridgehead atoms. The predicted molar refractivity (Wildman–Crippen MR) is 69.0 cm³/mol. The van der Waals surface area contributed by atoms with E-state index in [1.807, 2.05) is 43.4 Å². The van der Waals surface area contributed by atoms with Crippen LogP contribution < -0.4 is 16.6 Å². The van der Waals surface area contributed by atoms with Gasteiger partial charge in [0.15, 0.2) is 0 Å². The van der Waals surface area contributed by atoms with Crippen molar-refractivity contribution >= 4 is 11.4 Å². The Morgan fingerprint density at radius 2 is 1.31 bits per heavy atom. The summed E-state index contributed by atoms with van der Waals surface area (Å²) in [5, 5.41) is 0. The number of hydrazine groups is 1. The molecule has 0 aliphatic carbocycles. The molecule has 2 aromatic rings. The fourth-order valence-corrected chi connectivity index (χ4v) is 1.57. The average molecular weight is 213 g/mol. The summed E-state index contributed by atoms with van der Waals surface area (Å²) in [5.74, 6) is 0. The summed E-state index contributed by atoms with van der Waals surface area (Å²) in [5.41, 5.74) is 15.7. The minimum absolute atomic E-state index is 0.789. The molecule has 3 nitrogen and oxygen atoms in total. The zero-order valence-corrected chi connectivity index (χ0v) is 9.20. The molecule has 0 heterocycles. The van der Waals surface area contributed by atoms with Gasteiger partial charge in [0.05, 0.1) is 0 Å². The van der Waals surface area contributed by atoms with Gasteiger partial charge in [0.25, 0.3) is 0 Å². The number of nitrogens with two attached hydrogens (primary N) is 1. The molecular formula is C13H15N3.